The zero-order chi connectivity index (χ0) is 15.6. The van der Waals surface area contributed by atoms with E-state index in [4.69, 9.17) is 9.47 Å². The fourth-order valence-corrected chi connectivity index (χ4v) is 0.993. The molecule has 0 aliphatic rings. The van der Waals surface area contributed by atoms with Gasteiger partial charge in [0.2, 0.25) is 0 Å². The van der Waals surface area contributed by atoms with Crippen LogP contribution in [0.15, 0.2) is 12.2 Å². The number of carbonyl (C=O) groups excluding carboxylic acids is 3. The molecule has 0 rings (SSSR count). The number of ether oxygens (including phenoxy) is 3. The molecule has 114 valence electrons. The van der Waals surface area contributed by atoms with Gasteiger partial charge < -0.3 is 19.5 Å². The van der Waals surface area contributed by atoms with Crippen molar-refractivity contribution in [2.24, 2.45) is 0 Å². The number of carbonyl (C=O) groups is 3. The quantitative estimate of drug-likeness (QED) is 0.341. The van der Waals surface area contributed by atoms with Gasteiger partial charge in [-0.1, -0.05) is 0 Å². The Balaban J connectivity index is 3.77. The summed E-state index contributed by atoms with van der Waals surface area (Å²) in [7, 11) is 0. The van der Waals surface area contributed by atoms with E-state index in [0.29, 0.717) is 0 Å². The van der Waals surface area contributed by atoms with Crippen LogP contribution in [0.1, 0.15) is 27.7 Å². The molecule has 1 amide bonds. The third-order valence-corrected chi connectivity index (χ3v) is 1.66. The molecule has 0 bridgehead atoms. The van der Waals surface area contributed by atoms with Crippen molar-refractivity contribution in [2.75, 3.05) is 19.8 Å². The van der Waals surface area contributed by atoms with Crippen LogP contribution in [-0.4, -0.2) is 43.4 Å². The summed E-state index contributed by atoms with van der Waals surface area (Å²) in [5.74, 6) is -1.31. The molecule has 7 nitrogen and oxygen atoms in total. The predicted molar refractivity (Wildman–Crippen MR) is 71.0 cm³/mol. The van der Waals surface area contributed by atoms with Crippen LogP contribution in [-0.2, 0) is 23.8 Å². The molecule has 0 heterocycles. The van der Waals surface area contributed by atoms with E-state index in [9.17, 15) is 14.4 Å². The second kappa shape index (κ2) is 8.95. The van der Waals surface area contributed by atoms with Crippen molar-refractivity contribution in [3.8, 4) is 0 Å². The molecule has 0 atom stereocenters. The molecule has 0 radical (unpaired) electrons. The Hall–Kier alpha value is -2.05. The van der Waals surface area contributed by atoms with Crippen molar-refractivity contribution in [1.29, 1.82) is 0 Å². The first kappa shape index (κ1) is 17.9. The van der Waals surface area contributed by atoms with Crippen LogP contribution in [0.3, 0.4) is 0 Å². The lowest BCUT2D eigenvalue weighted by atomic mass is 10.2. The first-order valence-electron chi connectivity index (χ1n) is 6.23. The number of hydrogen-bond donors (Lipinski definition) is 1. The van der Waals surface area contributed by atoms with Crippen molar-refractivity contribution in [3.05, 3.63) is 12.2 Å². The van der Waals surface area contributed by atoms with E-state index in [1.807, 2.05) is 0 Å². The molecule has 0 saturated heterocycles. The maximum atomic E-state index is 11.2. The molecule has 1 N–H and O–H groups in total. The highest BCUT2D eigenvalue weighted by Gasteiger charge is 2.15. The predicted octanol–water partition coefficient (Wildman–Crippen LogP) is 1.17. The van der Waals surface area contributed by atoms with Gasteiger partial charge in [0.05, 0.1) is 13.2 Å². The summed E-state index contributed by atoms with van der Waals surface area (Å²) in [4.78, 5) is 33.3. The SMILES string of the molecule is CCOC(=O)/C=C/C(=O)OCCNC(=O)OC(C)(C)C. The highest BCUT2D eigenvalue weighted by Crippen LogP contribution is 2.05. The Labute approximate surface area is 118 Å². The minimum absolute atomic E-state index is 0.0226. The molecule has 20 heavy (non-hydrogen) atoms. The van der Waals surface area contributed by atoms with Crippen molar-refractivity contribution >= 4 is 18.0 Å². The average Bonchev–Trinajstić information content (AvgIpc) is 2.30. The van der Waals surface area contributed by atoms with Crippen LogP contribution in [0, 0.1) is 0 Å². The van der Waals surface area contributed by atoms with Gasteiger partial charge in [-0.25, -0.2) is 14.4 Å². The minimum Gasteiger partial charge on any atom is -0.463 e. The fourth-order valence-electron chi connectivity index (χ4n) is 0.993. The van der Waals surface area contributed by atoms with Gasteiger partial charge >= 0.3 is 18.0 Å². The van der Waals surface area contributed by atoms with Crippen LogP contribution in [0.5, 0.6) is 0 Å². The third-order valence-electron chi connectivity index (χ3n) is 1.66. The molecule has 0 saturated carbocycles. The van der Waals surface area contributed by atoms with Crippen LogP contribution in [0.25, 0.3) is 0 Å². The number of esters is 2. The molecular formula is C13H21NO6. The molecular weight excluding hydrogens is 266 g/mol. The van der Waals surface area contributed by atoms with Crippen LogP contribution < -0.4 is 5.32 Å². The van der Waals surface area contributed by atoms with Crippen molar-refractivity contribution in [1.82, 2.24) is 5.32 Å². The summed E-state index contributed by atoms with van der Waals surface area (Å²) in [5.41, 5.74) is -0.580. The van der Waals surface area contributed by atoms with Gasteiger partial charge in [-0.05, 0) is 27.7 Å². The number of alkyl carbamates (subject to hydrolysis) is 1. The molecule has 0 aliphatic carbocycles. The number of amides is 1. The van der Waals surface area contributed by atoms with E-state index in [0.717, 1.165) is 12.2 Å². The lowest BCUT2D eigenvalue weighted by Gasteiger charge is -2.19. The number of rotatable bonds is 6. The summed E-state index contributed by atoms with van der Waals surface area (Å²) in [6, 6.07) is 0. The maximum absolute atomic E-state index is 11.2. The average molecular weight is 287 g/mol. The zero-order valence-corrected chi connectivity index (χ0v) is 12.2. The first-order chi connectivity index (χ1) is 9.24. The lowest BCUT2D eigenvalue weighted by Crippen LogP contribution is -2.34. The molecule has 0 aromatic heterocycles. The Morgan fingerprint density at radius 3 is 2.10 bits per heavy atom. The Kier molecular flexibility index (Phi) is 8.03. The largest absolute Gasteiger partial charge is 0.463 e. The Morgan fingerprint density at radius 2 is 1.60 bits per heavy atom. The summed E-state index contributed by atoms with van der Waals surface area (Å²) >= 11 is 0. The van der Waals surface area contributed by atoms with E-state index in [-0.39, 0.29) is 19.8 Å². The number of hydrogen-bond acceptors (Lipinski definition) is 6. The minimum atomic E-state index is -0.691. The van der Waals surface area contributed by atoms with Gasteiger partial charge in [0.1, 0.15) is 12.2 Å². The normalized spacial score (nSPS) is 11.0. The standard InChI is InChI=1S/C13H21NO6/c1-5-18-10(15)6-7-11(16)19-9-8-14-12(17)20-13(2,3)4/h6-7H,5,8-9H2,1-4H3,(H,14,17)/b7-6+. The molecule has 0 aliphatic heterocycles. The molecule has 7 heteroatoms. The van der Waals surface area contributed by atoms with Crippen molar-refractivity contribution in [3.63, 3.8) is 0 Å². The summed E-state index contributed by atoms with van der Waals surface area (Å²) in [6.07, 6.45) is 1.36. The summed E-state index contributed by atoms with van der Waals surface area (Å²) in [5, 5.41) is 2.43. The highest BCUT2D eigenvalue weighted by molar-refractivity contribution is 5.91. The van der Waals surface area contributed by atoms with Gasteiger partial charge in [-0.15, -0.1) is 0 Å². The van der Waals surface area contributed by atoms with Gasteiger partial charge in [0.15, 0.2) is 0 Å². The van der Waals surface area contributed by atoms with E-state index < -0.39 is 23.6 Å². The van der Waals surface area contributed by atoms with Gasteiger partial charge in [-0.2, -0.15) is 0 Å². The van der Waals surface area contributed by atoms with E-state index in [1.165, 1.54) is 0 Å². The highest BCUT2D eigenvalue weighted by atomic mass is 16.6. The van der Waals surface area contributed by atoms with E-state index in [2.05, 4.69) is 10.1 Å². The number of nitrogens with one attached hydrogen (secondary N) is 1. The summed E-state index contributed by atoms with van der Waals surface area (Å²) < 4.78 is 14.3. The fraction of sp³-hybridized carbons (Fsp3) is 0.615. The molecule has 0 unspecified atom stereocenters. The van der Waals surface area contributed by atoms with Gasteiger partial charge in [0.25, 0.3) is 0 Å². The molecule has 0 fully saturated rings. The van der Waals surface area contributed by atoms with E-state index in [1.54, 1.807) is 27.7 Å². The van der Waals surface area contributed by atoms with Crippen LogP contribution in [0.2, 0.25) is 0 Å². The monoisotopic (exact) mass is 287 g/mol. The maximum Gasteiger partial charge on any atom is 0.407 e. The van der Waals surface area contributed by atoms with Crippen LogP contribution >= 0.6 is 0 Å². The van der Waals surface area contributed by atoms with Crippen LogP contribution in [0.4, 0.5) is 4.79 Å². The Bertz CT molecular complexity index is 370. The molecule has 0 aromatic rings. The molecule has 0 spiro atoms. The van der Waals surface area contributed by atoms with Crippen molar-refractivity contribution < 1.29 is 28.6 Å². The topological polar surface area (TPSA) is 90.9 Å². The Morgan fingerprint density at radius 1 is 1.05 bits per heavy atom. The molecule has 0 aromatic carbocycles. The zero-order valence-electron chi connectivity index (χ0n) is 12.2. The van der Waals surface area contributed by atoms with Gasteiger partial charge in [0, 0.05) is 12.2 Å². The van der Waals surface area contributed by atoms with Crippen molar-refractivity contribution in [2.45, 2.75) is 33.3 Å². The summed E-state index contributed by atoms with van der Waals surface area (Å²) in [6.45, 7) is 7.22. The third kappa shape index (κ3) is 11.1. The first-order valence-corrected chi connectivity index (χ1v) is 6.23. The second-order valence-electron chi connectivity index (χ2n) is 4.68. The van der Waals surface area contributed by atoms with E-state index >= 15 is 0 Å². The van der Waals surface area contributed by atoms with Gasteiger partial charge in [-0.3, -0.25) is 0 Å². The smallest absolute Gasteiger partial charge is 0.407 e. The second-order valence-corrected chi connectivity index (χ2v) is 4.68. The lowest BCUT2D eigenvalue weighted by molar-refractivity contribution is -0.140.